The average molecular weight is 205 g/mol. The van der Waals surface area contributed by atoms with E-state index in [2.05, 4.69) is 20.1 Å². The molecule has 0 fully saturated rings. The van der Waals surface area contributed by atoms with Crippen LogP contribution < -0.4 is 5.73 Å². The van der Waals surface area contributed by atoms with Gasteiger partial charge in [-0.15, -0.1) is 0 Å². The van der Waals surface area contributed by atoms with Gasteiger partial charge in [0.05, 0.1) is 6.04 Å². The molecule has 6 nitrogen and oxygen atoms in total. The first kappa shape index (κ1) is 9.72. The van der Waals surface area contributed by atoms with Crippen LogP contribution in [0.15, 0.2) is 23.0 Å². The standard InChI is InChI=1S/C9H11N5O/c1-2-6(10)9-13-8(14-15-9)7-11-4-3-5-12-7/h3-6H,2,10H2,1H3/t6-/m1/s1. The average Bonchev–Trinajstić information content (AvgIpc) is 2.78. The molecular formula is C9H11N5O. The second kappa shape index (κ2) is 4.14. The van der Waals surface area contributed by atoms with Gasteiger partial charge < -0.3 is 10.3 Å². The van der Waals surface area contributed by atoms with Crippen molar-refractivity contribution in [3.05, 3.63) is 24.4 Å². The zero-order valence-electron chi connectivity index (χ0n) is 8.29. The number of hydrogen-bond donors (Lipinski definition) is 1. The van der Waals surface area contributed by atoms with Crippen LogP contribution in [0.3, 0.4) is 0 Å². The minimum Gasteiger partial charge on any atom is -0.337 e. The van der Waals surface area contributed by atoms with E-state index in [1.807, 2.05) is 6.92 Å². The highest BCUT2D eigenvalue weighted by molar-refractivity contribution is 5.40. The number of hydrogen-bond acceptors (Lipinski definition) is 6. The van der Waals surface area contributed by atoms with Crippen LogP contribution in [-0.4, -0.2) is 20.1 Å². The molecule has 78 valence electrons. The molecule has 6 heteroatoms. The van der Waals surface area contributed by atoms with Crippen LogP contribution in [0.5, 0.6) is 0 Å². The molecule has 2 heterocycles. The van der Waals surface area contributed by atoms with Gasteiger partial charge in [-0.3, -0.25) is 0 Å². The largest absolute Gasteiger partial charge is 0.337 e. The molecule has 0 bridgehead atoms. The number of aromatic nitrogens is 4. The molecule has 1 atom stereocenters. The fourth-order valence-electron chi connectivity index (χ4n) is 1.07. The van der Waals surface area contributed by atoms with E-state index in [4.69, 9.17) is 10.3 Å². The van der Waals surface area contributed by atoms with Crippen molar-refractivity contribution in [3.63, 3.8) is 0 Å². The molecular weight excluding hydrogens is 194 g/mol. The Morgan fingerprint density at radius 1 is 1.33 bits per heavy atom. The molecule has 2 aromatic rings. The molecule has 0 amide bonds. The summed E-state index contributed by atoms with van der Waals surface area (Å²) in [5, 5.41) is 3.76. The predicted molar refractivity (Wildman–Crippen MR) is 52.5 cm³/mol. The van der Waals surface area contributed by atoms with Gasteiger partial charge in [-0.25, -0.2) is 9.97 Å². The fourth-order valence-corrected chi connectivity index (χ4v) is 1.07. The molecule has 0 unspecified atom stereocenters. The highest BCUT2D eigenvalue weighted by atomic mass is 16.5. The number of nitrogens with zero attached hydrogens (tertiary/aromatic N) is 4. The Kier molecular flexibility index (Phi) is 2.68. The summed E-state index contributed by atoms with van der Waals surface area (Å²) >= 11 is 0. The Balaban J connectivity index is 2.28. The van der Waals surface area contributed by atoms with Crippen molar-refractivity contribution in [2.75, 3.05) is 0 Å². The molecule has 0 aliphatic heterocycles. The van der Waals surface area contributed by atoms with Crippen molar-refractivity contribution in [1.29, 1.82) is 0 Å². The third-order valence-electron chi connectivity index (χ3n) is 1.96. The monoisotopic (exact) mass is 205 g/mol. The van der Waals surface area contributed by atoms with Crippen molar-refractivity contribution in [2.45, 2.75) is 19.4 Å². The van der Waals surface area contributed by atoms with Crippen molar-refractivity contribution >= 4 is 0 Å². The number of nitrogens with two attached hydrogens (primary N) is 1. The van der Waals surface area contributed by atoms with Crippen LogP contribution in [0.1, 0.15) is 25.3 Å². The van der Waals surface area contributed by atoms with E-state index in [9.17, 15) is 0 Å². The summed E-state index contributed by atoms with van der Waals surface area (Å²) in [6.45, 7) is 1.95. The van der Waals surface area contributed by atoms with E-state index in [0.29, 0.717) is 17.5 Å². The van der Waals surface area contributed by atoms with Gasteiger partial charge in [0.2, 0.25) is 17.5 Å². The van der Waals surface area contributed by atoms with Gasteiger partial charge >= 0.3 is 0 Å². The summed E-state index contributed by atoms with van der Waals surface area (Å²) in [5.41, 5.74) is 5.75. The second-order valence-electron chi connectivity index (χ2n) is 3.04. The van der Waals surface area contributed by atoms with Gasteiger partial charge in [-0.2, -0.15) is 4.98 Å². The quantitative estimate of drug-likeness (QED) is 0.801. The highest BCUT2D eigenvalue weighted by Crippen LogP contribution is 2.15. The Hall–Kier alpha value is -1.82. The van der Waals surface area contributed by atoms with Gasteiger partial charge in [0.25, 0.3) is 0 Å². The molecule has 0 aliphatic carbocycles. The van der Waals surface area contributed by atoms with Gasteiger partial charge in [0.1, 0.15) is 0 Å². The third-order valence-corrected chi connectivity index (χ3v) is 1.96. The first-order valence-corrected chi connectivity index (χ1v) is 4.68. The van der Waals surface area contributed by atoms with Crippen LogP contribution in [-0.2, 0) is 0 Å². The smallest absolute Gasteiger partial charge is 0.243 e. The van der Waals surface area contributed by atoms with E-state index < -0.39 is 0 Å². The molecule has 0 aliphatic rings. The van der Waals surface area contributed by atoms with Crippen LogP contribution >= 0.6 is 0 Å². The van der Waals surface area contributed by atoms with Crippen molar-refractivity contribution in [2.24, 2.45) is 5.73 Å². The first-order chi connectivity index (χ1) is 7.31. The minimum atomic E-state index is -0.227. The minimum absolute atomic E-state index is 0.227. The fraction of sp³-hybridized carbons (Fsp3) is 0.333. The predicted octanol–water partition coefficient (Wildman–Crippen LogP) is 0.936. The SMILES string of the molecule is CC[C@@H](N)c1nc(-c2ncccn2)no1. The second-order valence-corrected chi connectivity index (χ2v) is 3.04. The van der Waals surface area contributed by atoms with E-state index in [0.717, 1.165) is 6.42 Å². The summed E-state index contributed by atoms with van der Waals surface area (Å²) in [6.07, 6.45) is 3.99. The molecule has 2 N–H and O–H groups in total. The lowest BCUT2D eigenvalue weighted by molar-refractivity contribution is 0.352. The highest BCUT2D eigenvalue weighted by Gasteiger charge is 2.14. The van der Waals surface area contributed by atoms with Gasteiger partial charge in [-0.05, 0) is 12.5 Å². The van der Waals surface area contributed by atoms with Crippen LogP contribution in [0.2, 0.25) is 0 Å². The maximum atomic E-state index is 5.75. The van der Waals surface area contributed by atoms with Gasteiger partial charge in [0, 0.05) is 12.4 Å². The summed E-state index contributed by atoms with van der Waals surface area (Å²) < 4.78 is 5.01. The summed E-state index contributed by atoms with van der Waals surface area (Å²) in [4.78, 5) is 12.1. The molecule has 15 heavy (non-hydrogen) atoms. The van der Waals surface area contributed by atoms with Gasteiger partial charge in [-0.1, -0.05) is 12.1 Å². The first-order valence-electron chi connectivity index (χ1n) is 4.68. The lowest BCUT2D eigenvalue weighted by Crippen LogP contribution is -2.08. The lowest BCUT2D eigenvalue weighted by Gasteiger charge is -1.98. The third kappa shape index (κ3) is 1.99. The maximum Gasteiger partial charge on any atom is 0.243 e. The molecule has 2 rings (SSSR count). The molecule has 2 aromatic heterocycles. The van der Waals surface area contributed by atoms with Crippen LogP contribution in [0, 0.1) is 0 Å². The van der Waals surface area contributed by atoms with Crippen LogP contribution in [0.25, 0.3) is 11.6 Å². The summed E-state index contributed by atoms with van der Waals surface area (Å²) in [6, 6.07) is 1.50. The number of rotatable bonds is 3. The van der Waals surface area contributed by atoms with Crippen molar-refractivity contribution in [3.8, 4) is 11.6 Å². The molecule has 0 saturated carbocycles. The van der Waals surface area contributed by atoms with Crippen LogP contribution in [0.4, 0.5) is 0 Å². The van der Waals surface area contributed by atoms with E-state index in [-0.39, 0.29) is 6.04 Å². The van der Waals surface area contributed by atoms with E-state index >= 15 is 0 Å². The Bertz CT molecular complexity index is 427. The zero-order valence-corrected chi connectivity index (χ0v) is 8.29. The van der Waals surface area contributed by atoms with Crippen molar-refractivity contribution < 1.29 is 4.52 Å². The summed E-state index contributed by atoms with van der Waals surface area (Å²) in [5.74, 6) is 1.23. The molecule has 0 radical (unpaired) electrons. The Labute approximate surface area is 86.5 Å². The topological polar surface area (TPSA) is 90.7 Å². The normalized spacial score (nSPS) is 12.7. The molecule has 0 aromatic carbocycles. The lowest BCUT2D eigenvalue weighted by atomic mass is 10.2. The van der Waals surface area contributed by atoms with E-state index in [1.54, 1.807) is 18.5 Å². The molecule has 0 saturated heterocycles. The molecule has 0 spiro atoms. The Morgan fingerprint density at radius 3 is 2.73 bits per heavy atom. The van der Waals surface area contributed by atoms with Gasteiger partial charge in [0.15, 0.2) is 0 Å². The van der Waals surface area contributed by atoms with E-state index in [1.165, 1.54) is 0 Å². The summed E-state index contributed by atoms with van der Waals surface area (Å²) in [7, 11) is 0. The van der Waals surface area contributed by atoms with Crippen molar-refractivity contribution in [1.82, 2.24) is 20.1 Å². The zero-order chi connectivity index (χ0) is 10.7. The maximum absolute atomic E-state index is 5.75. The Morgan fingerprint density at radius 2 is 2.07 bits per heavy atom.